The maximum atomic E-state index is 12.8. The molecule has 0 saturated heterocycles. The van der Waals surface area contributed by atoms with Crippen molar-refractivity contribution in [3.05, 3.63) is 0 Å². The van der Waals surface area contributed by atoms with Crippen LogP contribution in [0.2, 0.25) is 0 Å². The average Bonchev–Trinajstić information content (AvgIpc) is 3.22. The van der Waals surface area contributed by atoms with Crippen LogP contribution in [0.1, 0.15) is 298 Å². The zero-order valence-corrected chi connectivity index (χ0v) is 42.0. The summed E-state index contributed by atoms with van der Waals surface area (Å²) in [6.07, 6.45) is 46.7. The number of ether oxygens (including phenoxy) is 3. The van der Waals surface area contributed by atoms with Crippen molar-refractivity contribution in [2.75, 3.05) is 13.2 Å². The molecular formula is C55H106O6. The summed E-state index contributed by atoms with van der Waals surface area (Å²) in [5.74, 6) is 1.62. The molecule has 0 aliphatic carbocycles. The summed E-state index contributed by atoms with van der Waals surface area (Å²) in [5.41, 5.74) is 0. The Hall–Kier alpha value is -1.59. The molecule has 0 rings (SSSR count). The topological polar surface area (TPSA) is 78.9 Å². The Kier molecular flexibility index (Phi) is 45.2. The van der Waals surface area contributed by atoms with Gasteiger partial charge in [0.25, 0.3) is 0 Å². The fourth-order valence-corrected chi connectivity index (χ4v) is 8.29. The van der Waals surface area contributed by atoms with E-state index in [-0.39, 0.29) is 31.1 Å². The lowest BCUT2D eigenvalue weighted by Gasteiger charge is -2.18. The molecule has 0 bridgehead atoms. The fraction of sp³-hybridized carbons (Fsp3) is 0.945. The Morgan fingerprint density at radius 2 is 0.475 bits per heavy atom. The van der Waals surface area contributed by atoms with Gasteiger partial charge in [-0.05, 0) is 37.0 Å². The third-order valence-electron chi connectivity index (χ3n) is 12.4. The molecule has 0 spiro atoms. The van der Waals surface area contributed by atoms with Gasteiger partial charge in [0, 0.05) is 19.3 Å². The Balaban J connectivity index is 4.27. The zero-order valence-electron chi connectivity index (χ0n) is 42.0. The molecular weight excluding hydrogens is 757 g/mol. The van der Waals surface area contributed by atoms with E-state index in [9.17, 15) is 14.4 Å². The fourth-order valence-electron chi connectivity index (χ4n) is 8.29. The van der Waals surface area contributed by atoms with E-state index in [1.165, 1.54) is 180 Å². The van der Waals surface area contributed by atoms with Gasteiger partial charge in [0.2, 0.25) is 0 Å². The van der Waals surface area contributed by atoms with Crippen LogP contribution in [0.4, 0.5) is 0 Å². The van der Waals surface area contributed by atoms with Crippen molar-refractivity contribution in [3.8, 4) is 0 Å². The lowest BCUT2D eigenvalue weighted by molar-refractivity contribution is -0.167. The number of unbranched alkanes of at least 4 members (excludes halogenated alkanes) is 31. The minimum atomic E-state index is -0.763. The molecule has 0 aliphatic heterocycles. The standard InChI is InChI=1S/C55H106O6/c1-49(2)41-35-29-23-17-13-11-9-7-8-10-12-14-20-28-34-40-46-55(58)61-52(48-60-54(57)45-39-33-27-22-21-25-31-37-43-51(5)6)47-59-53(56)44-38-32-26-19-16-15-18-24-30-36-42-50(3)4/h49-52H,7-48H2,1-6H3/t52-/m0/s1. The normalized spacial score (nSPS) is 12.1. The second-order valence-corrected chi connectivity index (χ2v) is 20.3. The van der Waals surface area contributed by atoms with Crippen LogP contribution in [-0.4, -0.2) is 37.2 Å². The molecule has 0 aromatic heterocycles. The monoisotopic (exact) mass is 863 g/mol. The zero-order chi connectivity index (χ0) is 44.9. The molecule has 0 aliphatic rings. The summed E-state index contributed by atoms with van der Waals surface area (Å²) in [7, 11) is 0. The SMILES string of the molecule is CC(C)CCCCCCCCCCCCCCCCCCC(=O)O[C@@H](COC(=O)CCCCCCCCCCCCC(C)C)COC(=O)CCCCCCCCCCC(C)C. The van der Waals surface area contributed by atoms with Crippen molar-refractivity contribution in [1.82, 2.24) is 0 Å². The van der Waals surface area contributed by atoms with Gasteiger partial charge in [0.15, 0.2) is 6.10 Å². The number of hydrogen-bond acceptors (Lipinski definition) is 6. The smallest absolute Gasteiger partial charge is 0.306 e. The predicted octanol–water partition coefficient (Wildman–Crippen LogP) is 17.6. The minimum absolute atomic E-state index is 0.0647. The number of carbonyl (C=O) groups excluding carboxylic acids is 3. The van der Waals surface area contributed by atoms with Crippen molar-refractivity contribution in [1.29, 1.82) is 0 Å². The highest BCUT2D eigenvalue weighted by molar-refractivity contribution is 5.71. The molecule has 6 nitrogen and oxygen atoms in total. The average molecular weight is 863 g/mol. The first-order valence-corrected chi connectivity index (χ1v) is 27.1. The molecule has 0 heterocycles. The Morgan fingerprint density at radius 3 is 0.705 bits per heavy atom. The number of esters is 3. The molecule has 0 unspecified atom stereocenters. The van der Waals surface area contributed by atoms with Gasteiger partial charge in [0.1, 0.15) is 13.2 Å². The van der Waals surface area contributed by atoms with Gasteiger partial charge in [-0.15, -0.1) is 0 Å². The van der Waals surface area contributed by atoms with Crippen molar-refractivity contribution in [3.63, 3.8) is 0 Å². The van der Waals surface area contributed by atoms with Gasteiger partial charge in [-0.3, -0.25) is 14.4 Å². The maximum Gasteiger partial charge on any atom is 0.306 e. The molecule has 61 heavy (non-hydrogen) atoms. The first kappa shape index (κ1) is 59.4. The van der Waals surface area contributed by atoms with Crippen molar-refractivity contribution >= 4 is 17.9 Å². The molecule has 0 amide bonds. The van der Waals surface area contributed by atoms with Gasteiger partial charge in [-0.25, -0.2) is 0 Å². The van der Waals surface area contributed by atoms with Crippen LogP contribution in [0.5, 0.6) is 0 Å². The van der Waals surface area contributed by atoms with Crippen LogP contribution < -0.4 is 0 Å². The van der Waals surface area contributed by atoms with E-state index in [4.69, 9.17) is 14.2 Å². The van der Waals surface area contributed by atoms with Gasteiger partial charge in [-0.1, -0.05) is 260 Å². The summed E-state index contributed by atoms with van der Waals surface area (Å²) in [6, 6.07) is 0. The first-order chi connectivity index (χ1) is 29.6. The van der Waals surface area contributed by atoms with Crippen LogP contribution >= 0.6 is 0 Å². The third-order valence-corrected chi connectivity index (χ3v) is 12.4. The van der Waals surface area contributed by atoms with Crippen molar-refractivity contribution in [2.45, 2.75) is 304 Å². The Labute approximate surface area is 380 Å². The lowest BCUT2D eigenvalue weighted by Crippen LogP contribution is -2.30. The van der Waals surface area contributed by atoms with E-state index in [2.05, 4.69) is 41.5 Å². The van der Waals surface area contributed by atoms with Crippen molar-refractivity contribution < 1.29 is 28.6 Å². The van der Waals surface area contributed by atoms with Gasteiger partial charge in [0.05, 0.1) is 0 Å². The molecule has 6 heteroatoms. The van der Waals surface area contributed by atoms with Crippen LogP contribution in [0.3, 0.4) is 0 Å². The summed E-state index contributed by atoms with van der Waals surface area (Å²) in [5, 5.41) is 0. The number of rotatable bonds is 48. The lowest BCUT2D eigenvalue weighted by atomic mass is 10.0. The molecule has 0 N–H and O–H groups in total. The number of hydrogen-bond donors (Lipinski definition) is 0. The van der Waals surface area contributed by atoms with E-state index in [1.807, 2.05) is 0 Å². The van der Waals surface area contributed by atoms with Gasteiger partial charge in [-0.2, -0.15) is 0 Å². The van der Waals surface area contributed by atoms with Crippen LogP contribution in [0.15, 0.2) is 0 Å². The Bertz CT molecular complexity index is 945. The van der Waals surface area contributed by atoms with Crippen LogP contribution in [0.25, 0.3) is 0 Å². The Morgan fingerprint density at radius 1 is 0.279 bits per heavy atom. The highest BCUT2D eigenvalue weighted by atomic mass is 16.6. The number of carbonyl (C=O) groups is 3. The highest BCUT2D eigenvalue weighted by Gasteiger charge is 2.19. The third kappa shape index (κ3) is 49.3. The maximum absolute atomic E-state index is 12.8. The van der Waals surface area contributed by atoms with E-state index in [1.54, 1.807) is 0 Å². The van der Waals surface area contributed by atoms with E-state index in [0.29, 0.717) is 19.3 Å². The molecule has 362 valence electrons. The summed E-state index contributed by atoms with van der Waals surface area (Å²) in [4.78, 5) is 38.0. The highest BCUT2D eigenvalue weighted by Crippen LogP contribution is 2.18. The molecule has 0 radical (unpaired) electrons. The van der Waals surface area contributed by atoms with Gasteiger partial charge < -0.3 is 14.2 Å². The second kappa shape index (κ2) is 46.4. The summed E-state index contributed by atoms with van der Waals surface area (Å²) in [6.45, 7) is 13.7. The van der Waals surface area contributed by atoms with Crippen molar-refractivity contribution in [2.24, 2.45) is 17.8 Å². The van der Waals surface area contributed by atoms with Crippen LogP contribution in [-0.2, 0) is 28.6 Å². The minimum Gasteiger partial charge on any atom is -0.462 e. The largest absolute Gasteiger partial charge is 0.462 e. The molecule has 0 saturated carbocycles. The van der Waals surface area contributed by atoms with E-state index in [0.717, 1.165) is 75.5 Å². The van der Waals surface area contributed by atoms with E-state index < -0.39 is 6.10 Å². The van der Waals surface area contributed by atoms with Crippen LogP contribution in [0, 0.1) is 17.8 Å². The predicted molar refractivity (Wildman–Crippen MR) is 261 cm³/mol. The first-order valence-electron chi connectivity index (χ1n) is 27.1. The summed E-state index contributed by atoms with van der Waals surface area (Å²) < 4.78 is 16.8. The summed E-state index contributed by atoms with van der Waals surface area (Å²) >= 11 is 0. The quantitative estimate of drug-likeness (QED) is 0.0344. The van der Waals surface area contributed by atoms with Gasteiger partial charge >= 0.3 is 17.9 Å². The molecule has 1 atom stereocenters. The second-order valence-electron chi connectivity index (χ2n) is 20.3. The molecule has 0 aromatic rings. The molecule has 0 fully saturated rings. The molecule has 0 aromatic carbocycles. The van der Waals surface area contributed by atoms with E-state index >= 15 is 0 Å².